The maximum Gasteiger partial charge on any atom is 0.416 e. The quantitative estimate of drug-likeness (QED) is 0.712. The van der Waals surface area contributed by atoms with Crippen molar-refractivity contribution in [2.45, 2.75) is 12.7 Å². The van der Waals surface area contributed by atoms with Crippen LogP contribution in [-0.2, 0) is 12.7 Å². The third kappa shape index (κ3) is 5.00. The minimum Gasteiger partial charge on any atom is -0.366 e. The van der Waals surface area contributed by atoms with Crippen molar-refractivity contribution in [1.29, 1.82) is 0 Å². The normalized spacial score (nSPS) is 11.1. The fourth-order valence-corrected chi connectivity index (χ4v) is 2.24. The first-order valence-corrected chi connectivity index (χ1v) is 7.85. The molecular weight excluding hydrogens is 359 g/mol. The van der Waals surface area contributed by atoms with Crippen LogP contribution in [0.25, 0.3) is 0 Å². The molecule has 2 aromatic heterocycles. The predicted octanol–water partition coefficient (Wildman–Crippen LogP) is 3.75. The lowest BCUT2D eigenvalue weighted by Gasteiger charge is -2.10. The molecule has 3 aromatic rings. The van der Waals surface area contributed by atoms with E-state index in [1.54, 1.807) is 12.4 Å². The molecule has 0 spiro atoms. The highest BCUT2D eigenvalue weighted by molar-refractivity contribution is 6.03. The lowest BCUT2D eigenvalue weighted by atomic mass is 10.2. The van der Waals surface area contributed by atoms with E-state index < -0.39 is 17.6 Å². The van der Waals surface area contributed by atoms with Crippen LogP contribution in [0, 0.1) is 0 Å². The van der Waals surface area contributed by atoms with Crippen molar-refractivity contribution < 1.29 is 18.0 Å². The summed E-state index contributed by atoms with van der Waals surface area (Å²) in [5.74, 6) is -0.223. The smallest absolute Gasteiger partial charge is 0.366 e. The Morgan fingerprint density at radius 3 is 2.56 bits per heavy atom. The molecule has 0 radical (unpaired) electrons. The van der Waals surface area contributed by atoms with Gasteiger partial charge in [-0.2, -0.15) is 13.2 Å². The lowest BCUT2D eigenvalue weighted by Crippen LogP contribution is -2.15. The van der Waals surface area contributed by atoms with Gasteiger partial charge in [0.2, 0.25) is 0 Å². The Labute approximate surface area is 152 Å². The highest BCUT2D eigenvalue weighted by atomic mass is 19.4. The minimum absolute atomic E-state index is 0.0274. The van der Waals surface area contributed by atoms with E-state index in [0.717, 1.165) is 17.7 Å². The molecule has 0 unspecified atom stereocenters. The number of amides is 1. The number of hydrogen-bond acceptors (Lipinski definition) is 5. The number of halogens is 3. The van der Waals surface area contributed by atoms with Gasteiger partial charge in [0, 0.05) is 30.7 Å². The fourth-order valence-electron chi connectivity index (χ4n) is 2.24. The summed E-state index contributed by atoms with van der Waals surface area (Å²) >= 11 is 0. The van der Waals surface area contributed by atoms with E-state index in [1.165, 1.54) is 24.5 Å². The molecule has 1 amide bonds. The van der Waals surface area contributed by atoms with Gasteiger partial charge < -0.3 is 10.6 Å². The van der Waals surface area contributed by atoms with Gasteiger partial charge in [-0.25, -0.2) is 9.97 Å². The first-order chi connectivity index (χ1) is 12.9. The molecule has 3 rings (SSSR count). The molecule has 0 saturated heterocycles. The van der Waals surface area contributed by atoms with E-state index in [-0.39, 0.29) is 11.4 Å². The molecule has 0 bridgehead atoms. The number of benzene rings is 1. The third-order valence-electron chi connectivity index (χ3n) is 3.57. The number of alkyl halides is 3. The van der Waals surface area contributed by atoms with Crippen molar-refractivity contribution in [2.24, 2.45) is 0 Å². The average Bonchev–Trinajstić information content (AvgIpc) is 2.67. The summed E-state index contributed by atoms with van der Waals surface area (Å²) in [5.41, 5.74) is 0.181. The van der Waals surface area contributed by atoms with Crippen molar-refractivity contribution in [3.8, 4) is 0 Å². The van der Waals surface area contributed by atoms with Crippen LogP contribution in [-0.4, -0.2) is 20.9 Å². The maximum absolute atomic E-state index is 12.8. The second kappa shape index (κ2) is 7.81. The topological polar surface area (TPSA) is 79.8 Å². The molecule has 0 fully saturated rings. The zero-order valence-corrected chi connectivity index (χ0v) is 13.9. The minimum atomic E-state index is -4.49. The van der Waals surface area contributed by atoms with Gasteiger partial charge in [0.25, 0.3) is 5.91 Å². The van der Waals surface area contributed by atoms with E-state index in [4.69, 9.17) is 0 Å². The molecule has 0 aliphatic rings. The SMILES string of the molecule is O=C(Nc1cccc(C(F)(F)F)c1)c1cc(NCc2ccncc2)ncn1. The van der Waals surface area contributed by atoms with Gasteiger partial charge in [0.15, 0.2) is 0 Å². The van der Waals surface area contributed by atoms with E-state index in [2.05, 4.69) is 25.6 Å². The molecule has 27 heavy (non-hydrogen) atoms. The van der Waals surface area contributed by atoms with Crippen molar-refractivity contribution in [3.63, 3.8) is 0 Å². The van der Waals surface area contributed by atoms with Crippen molar-refractivity contribution in [3.05, 3.63) is 78.0 Å². The highest BCUT2D eigenvalue weighted by Gasteiger charge is 2.30. The van der Waals surface area contributed by atoms with Crippen molar-refractivity contribution >= 4 is 17.4 Å². The van der Waals surface area contributed by atoms with Crippen LogP contribution < -0.4 is 10.6 Å². The summed E-state index contributed by atoms with van der Waals surface area (Å²) in [5, 5.41) is 5.45. The number of nitrogens with zero attached hydrogens (tertiary/aromatic N) is 3. The number of anilines is 2. The summed E-state index contributed by atoms with van der Waals surface area (Å²) in [6.45, 7) is 0.466. The number of aromatic nitrogens is 3. The summed E-state index contributed by atoms with van der Waals surface area (Å²) in [6.07, 6.45) is 0.0332. The molecule has 1 aromatic carbocycles. The summed E-state index contributed by atoms with van der Waals surface area (Å²) in [6, 6.07) is 9.47. The zero-order valence-electron chi connectivity index (χ0n) is 13.9. The summed E-state index contributed by atoms with van der Waals surface area (Å²) in [4.78, 5) is 24.1. The van der Waals surface area contributed by atoms with Crippen LogP contribution in [0.1, 0.15) is 21.6 Å². The van der Waals surface area contributed by atoms with Crippen LogP contribution >= 0.6 is 0 Å². The molecule has 0 saturated carbocycles. The molecular formula is C18H14F3N5O. The average molecular weight is 373 g/mol. The van der Waals surface area contributed by atoms with Gasteiger partial charge >= 0.3 is 6.18 Å². The van der Waals surface area contributed by atoms with E-state index in [9.17, 15) is 18.0 Å². The molecule has 2 heterocycles. The van der Waals surface area contributed by atoms with Gasteiger partial charge in [-0.1, -0.05) is 6.07 Å². The molecule has 6 nitrogen and oxygen atoms in total. The predicted molar refractivity (Wildman–Crippen MR) is 93.0 cm³/mol. The molecule has 0 aliphatic carbocycles. The Hall–Kier alpha value is -3.49. The van der Waals surface area contributed by atoms with Crippen molar-refractivity contribution in [2.75, 3.05) is 10.6 Å². The second-order valence-corrected chi connectivity index (χ2v) is 5.53. The molecule has 138 valence electrons. The number of carbonyl (C=O) groups excluding carboxylic acids is 1. The standard InChI is InChI=1S/C18H14F3N5O/c19-18(20,21)13-2-1-3-14(8-13)26-17(27)15-9-16(25-11-24-15)23-10-12-4-6-22-7-5-12/h1-9,11H,10H2,(H,26,27)(H,23,24,25). The first-order valence-electron chi connectivity index (χ1n) is 7.85. The summed E-state index contributed by atoms with van der Waals surface area (Å²) < 4.78 is 38.3. The number of hydrogen-bond donors (Lipinski definition) is 2. The van der Waals surface area contributed by atoms with E-state index >= 15 is 0 Å². The highest BCUT2D eigenvalue weighted by Crippen LogP contribution is 2.30. The monoisotopic (exact) mass is 373 g/mol. The van der Waals surface area contributed by atoms with Gasteiger partial charge in [-0.15, -0.1) is 0 Å². The van der Waals surface area contributed by atoms with E-state index in [0.29, 0.717) is 12.4 Å². The largest absolute Gasteiger partial charge is 0.416 e. The number of nitrogens with one attached hydrogen (secondary N) is 2. The number of rotatable bonds is 5. The van der Waals surface area contributed by atoms with Gasteiger partial charge in [0.1, 0.15) is 17.8 Å². The molecule has 0 aliphatic heterocycles. The second-order valence-electron chi connectivity index (χ2n) is 5.53. The Bertz CT molecular complexity index is 932. The van der Waals surface area contributed by atoms with Crippen LogP contribution in [0.4, 0.5) is 24.7 Å². The van der Waals surface area contributed by atoms with Gasteiger partial charge in [-0.05, 0) is 35.9 Å². The zero-order chi connectivity index (χ0) is 19.3. The Balaban J connectivity index is 1.68. The Kier molecular flexibility index (Phi) is 5.30. The van der Waals surface area contributed by atoms with Crippen LogP contribution in [0.3, 0.4) is 0 Å². The van der Waals surface area contributed by atoms with Gasteiger partial charge in [0.05, 0.1) is 5.56 Å². The van der Waals surface area contributed by atoms with Crippen LogP contribution in [0.15, 0.2) is 61.2 Å². The van der Waals surface area contributed by atoms with Crippen molar-refractivity contribution in [1.82, 2.24) is 15.0 Å². The first kappa shape index (κ1) is 18.3. The van der Waals surface area contributed by atoms with E-state index in [1.807, 2.05) is 12.1 Å². The maximum atomic E-state index is 12.8. The number of carbonyl (C=O) groups is 1. The summed E-state index contributed by atoms with van der Waals surface area (Å²) in [7, 11) is 0. The number of pyridine rings is 1. The molecule has 0 atom stereocenters. The third-order valence-corrected chi connectivity index (χ3v) is 3.57. The van der Waals surface area contributed by atoms with Crippen LogP contribution in [0.2, 0.25) is 0 Å². The van der Waals surface area contributed by atoms with Crippen LogP contribution in [0.5, 0.6) is 0 Å². The molecule has 9 heteroatoms. The van der Waals surface area contributed by atoms with Gasteiger partial charge in [-0.3, -0.25) is 9.78 Å². The lowest BCUT2D eigenvalue weighted by molar-refractivity contribution is -0.137. The Morgan fingerprint density at radius 2 is 1.81 bits per heavy atom. The molecule has 2 N–H and O–H groups in total. The Morgan fingerprint density at radius 1 is 1.04 bits per heavy atom. The fraction of sp³-hybridized carbons (Fsp3) is 0.111.